The molecule has 0 aliphatic carbocycles. The molecule has 0 aliphatic heterocycles. The second-order valence-corrected chi connectivity index (χ2v) is 6.39. The smallest absolute Gasteiger partial charge is 0.275 e. The summed E-state index contributed by atoms with van der Waals surface area (Å²) in [5, 5.41) is 0. The third kappa shape index (κ3) is 4.33. The van der Waals surface area contributed by atoms with E-state index in [1.165, 1.54) is 0 Å². The summed E-state index contributed by atoms with van der Waals surface area (Å²) in [4.78, 5) is 26.3. The van der Waals surface area contributed by atoms with Crippen LogP contribution in [0.1, 0.15) is 57.0 Å². The van der Waals surface area contributed by atoms with Gasteiger partial charge in [-0.3, -0.25) is 14.5 Å². The fraction of sp³-hybridized carbons (Fsp3) is 0.529. The van der Waals surface area contributed by atoms with Crippen molar-refractivity contribution in [1.29, 1.82) is 0 Å². The zero-order valence-corrected chi connectivity index (χ0v) is 14.0. The van der Waals surface area contributed by atoms with Crippen LogP contribution in [0.5, 0.6) is 0 Å². The van der Waals surface area contributed by atoms with Crippen molar-refractivity contribution in [3.8, 4) is 0 Å². The predicted molar refractivity (Wildman–Crippen MR) is 81.8 cm³/mol. The topological polar surface area (TPSA) is 37.4 Å². The Labute approximate surface area is 134 Å². The SMILES string of the molecule is CCC(C)(C)C(=O)N(C(=O)c1ccc(C(F)(F)F)cc1)C(C)C. The average Bonchev–Trinajstić information content (AvgIpc) is 2.46. The number of nitrogens with zero attached hydrogens (tertiary/aromatic N) is 1. The minimum absolute atomic E-state index is 0.0620. The lowest BCUT2D eigenvalue weighted by atomic mass is 9.88. The Morgan fingerprint density at radius 1 is 1.09 bits per heavy atom. The number of benzene rings is 1. The summed E-state index contributed by atoms with van der Waals surface area (Å²) in [5.41, 5.74) is -1.48. The Morgan fingerprint density at radius 2 is 1.57 bits per heavy atom. The van der Waals surface area contributed by atoms with Crippen molar-refractivity contribution in [2.75, 3.05) is 0 Å². The van der Waals surface area contributed by atoms with Crippen LogP contribution < -0.4 is 0 Å². The molecule has 0 N–H and O–H groups in total. The number of rotatable bonds is 4. The maximum atomic E-state index is 12.6. The molecule has 0 aromatic heterocycles. The van der Waals surface area contributed by atoms with Crippen molar-refractivity contribution in [1.82, 2.24) is 4.90 Å². The number of imide groups is 1. The Hall–Kier alpha value is -1.85. The number of hydrogen-bond acceptors (Lipinski definition) is 2. The van der Waals surface area contributed by atoms with Gasteiger partial charge in [0.15, 0.2) is 0 Å². The van der Waals surface area contributed by atoms with E-state index in [0.29, 0.717) is 6.42 Å². The van der Waals surface area contributed by atoms with E-state index < -0.39 is 23.1 Å². The Kier molecular flexibility index (Phi) is 5.61. The van der Waals surface area contributed by atoms with Gasteiger partial charge in [0.25, 0.3) is 5.91 Å². The summed E-state index contributed by atoms with van der Waals surface area (Å²) in [7, 11) is 0. The van der Waals surface area contributed by atoms with Crippen LogP contribution in [0, 0.1) is 5.41 Å². The van der Waals surface area contributed by atoms with Gasteiger partial charge in [0.05, 0.1) is 5.56 Å². The Morgan fingerprint density at radius 3 is 1.91 bits per heavy atom. The Bertz CT molecular complexity index is 574. The zero-order valence-electron chi connectivity index (χ0n) is 14.0. The monoisotopic (exact) mass is 329 g/mol. The van der Waals surface area contributed by atoms with Crippen molar-refractivity contribution in [2.24, 2.45) is 5.41 Å². The Balaban J connectivity index is 3.15. The molecule has 0 saturated heterocycles. The zero-order chi connectivity index (χ0) is 18.0. The summed E-state index contributed by atoms with van der Waals surface area (Å²) >= 11 is 0. The van der Waals surface area contributed by atoms with E-state index in [4.69, 9.17) is 0 Å². The van der Waals surface area contributed by atoms with Crippen molar-refractivity contribution in [2.45, 2.75) is 53.3 Å². The van der Waals surface area contributed by atoms with Gasteiger partial charge < -0.3 is 0 Å². The largest absolute Gasteiger partial charge is 0.416 e. The van der Waals surface area contributed by atoms with Crippen LogP contribution in [-0.2, 0) is 11.0 Å². The first-order chi connectivity index (χ1) is 10.4. The van der Waals surface area contributed by atoms with Crippen LogP contribution >= 0.6 is 0 Å². The van der Waals surface area contributed by atoms with Crippen LogP contribution in [0.3, 0.4) is 0 Å². The molecule has 1 aromatic rings. The summed E-state index contributed by atoms with van der Waals surface area (Å²) in [5.74, 6) is -0.917. The van der Waals surface area contributed by atoms with Gasteiger partial charge in [0.1, 0.15) is 0 Å². The summed E-state index contributed by atoms with van der Waals surface area (Å²) in [6.07, 6.45) is -3.91. The van der Waals surface area contributed by atoms with Crippen molar-refractivity contribution in [3.63, 3.8) is 0 Å². The fourth-order valence-corrected chi connectivity index (χ4v) is 1.98. The molecule has 128 valence electrons. The van der Waals surface area contributed by atoms with E-state index in [9.17, 15) is 22.8 Å². The van der Waals surface area contributed by atoms with Crippen LogP contribution in [-0.4, -0.2) is 22.8 Å². The standard InChI is InChI=1S/C17H22F3NO2/c1-6-16(4,5)15(23)21(11(2)3)14(22)12-7-9-13(10-8-12)17(18,19)20/h7-11H,6H2,1-5H3. The molecule has 6 heteroatoms. The number of carbonyl (C=O) groups is 2. The molecule has 0 fully saturated rings. The molecule has 0 spiro atoms. The molecule has 1 rings (SSSR count). The van der Waals surface area contributed by atoms with Crippen molar-refractivity contribution < 1.29 is 22.8 Å². The average molecular weight is 329 g/mol. The number of amides is 2. The lowest BCUT2D eigenvalue weighted by Gasteiger charge is -2.32. The molecule has 3 nitrogen and oxygen atoms in total. The highest BCUT2D eigenvalue weighted by atomic mass is 19.4. The van der Waals surface area contributed by atoms with Gasteiger partial charge in [-0.05, 0) is 44.5 Å². The van der Waals surface area contributed by atoms with E-state index in [0.717, 1.165) is 29.2 Å². The normalized spacial score (nSPS) is 12.4. The predicted octanol–water partition coefficient (Wildman–Crippen LogP) is 4.52. The third-order valence-electron chi connectivity index (χ3n) is 3.88. The molecule has 0 aliphatic rings. The van der Waals surface area contributed by atoms with Crippen LogP contribution in [0.4, 0.5) is 13.2 Å². The number of hydrogen-bond donors (Lipinski definition) is 0. The summed E-state index contributed by atoms with van der Waals surface area (Å²) in [6.45, 7) is 8.73. The lowest BCUT2D eigenvalue weighted by molar-refractivity contribution is -0.139. The van der Waals surface area contributed by atoms with Gasteiger partial charge in [-0.25, -0.2) is 0 Å². The van der Waals surface area contributed by atoms with Gasteiger partial charge in [0.2, 0.25) is 5.91 Å². The first-order valence-corrected chi connectivity index (χ1v) is 7.47. The van der Waals surface area contributed by atoms with Crippen molar-refractivity contribution in [3.05, 3.63) is 35.4 Å². The van der Waals surface area contributed by atoms with Crippen molar-refractivity contribution >= 4 is 11.8 Å². The second-order valence-electron chi connectivity index (χ2n) is 6.39. The highest BCUT2D eigenvalue weighted by Crippen LogP contribution is 2.30. The first kappa shape index (κ1) is 19.2. The molecule has 2 amide bonds. The molecule has 1 aromatic carbocycles. The fourth-order valence-electron chi connectivity index (χ4n) is 1.98. The minimum Gasteiger partial charge on any atom is -0.275 e. The summed E-state index contributed by atoms with van der Waals surface area (Å²) in [6, 6.07) is 3.52. The van der Waals surface area contributed by atoms with Crippen LogP contribution in [0.25, 0.3) is 0 Å². The highest BCUT2D eigenvalue weighted by Gasteiger charge is 2.36. The second kappa shape index (κ2) is 6.72. The number of carbonyl (C=O) groups excluding carboxylic acids is 2. The van der Waals surface area contributed by atoms with E-state index in [-0.39, 0.29) is 17.5 Å². The molecule has 0 radical (unpaired) electrons. The molecule has 23 heavy (non-hydrogen) atoms. The molecule has 0 heterocycles. The van der Waals surface area contributed by atoms with Crippen LogP contribution in [0.2, 0.25) is 0 Å². The third-order valence-corrected chi connectivity index (χ3v) is 3.88. The lowest BCUT2D eigenvalue weighted by Crippen LogP contribution is -2.48. The molecule has 0 atom stereocenters. The summed E-state index contributed by atoms with van der Waals surface area (Å²) < 4.78 is 37.8. The van der Waals surface area contributed by atoms with Crippen LogP contribution in [0.15, 0.2) is 24.3 Å². The molecule has 0 bridgehead atoms. The van der Waals surface area contributed by atoms with Gasteiger partial charge >= 0.3 is 6.18 Å². The number of alkyl halides is 3. The van der Waals surface area contributed by atoms with E-state index >= 15 is 0 Å². The first-order valence-electron chi connectivity index (χ1n) is 7.47. The molecular weight excluding hydrogens is 307 g/mol. The molecule has 0 saturated carbocycles. The number of halogens is 3. The van der Waals surface area contributed by atoms with E-state index in [1.807, 2.05) is 6.92 Å². The van der Waals surface area contributed by atoms with Gasteiger partial charge in [-0.2, -0.15) is 13.2 Å². The maximum absolute atomic E-state index is 12.6. The van der Waals surface area contributed by atoms with E-state index in [2.05, 4.69) is 0 Å². The minimum atomic E-state index is -4.46. The molecular formula is C17H22F3NO2. The highest BCUT2D eigenvalue weighted by molar-refractivity contribution is 6.06. The van der Waals surface area contributed by atoms with Gasteiger partial charge in [-0.15, -0.1) is 0 Å². The van der Waals surface area contributed by atoms with E-state index in [1.54, 1.807) is 27.7 Å². The maximum Gasteiger partial charge on any atom is 0.416 e. The van der Waals surface area contributed by atoms with Gasteiger partial charge in [0, 0.05) is 17.0 Å². The quantitative estimate of drug-likeness (QED) is 0.814. The molecule has 0 unspecified atom stereocenters. The van der Waals surface area contributed by atoms with Gasteiger partial charge in [-0.1, -0.05) is 20.8 Å².